The number of nitrogens with two attached hydrogens (primary N) is 1. The Hall–Kier alpha value is -2.02. The second-order valence-electron chi connectivity index (χ2n) is 5.14. The van der Waals surface area contributed by atoms with E-state index in [2.05, 4.69) is 4.98 Å². The number of thiophene rings is 1. The maximum absolute atomic E-state index is 14.0. The molecule has 3 aromatic rings. The quantitative estimate of drug-likeness (QED) is 0.762. The highest BCUT2D eigenvalue weighted by Crippen LogP contribution is 2.45. The number of rotatable bonds is 2. The number of hydrogen-bond acceptors (Lipinski definition) is 5. The zero-order valence-electron chi connectivity index (χ0n) is 11.5. The highest BCUT2D eigenvalue weighted by Gasteiger charge is 2.25. The van der Waals surface area contributed by atoms with Crippen LogP contribution < -0.4 is 10.5 Å². The molecular weight excluding hydrogens is 303 g/mol. The smallest absolute Gasteiger partial charge is 0.146 e. The standard InChI is InChI=1S/C16H13FN2O2S/c17-9-3-1-2-8-14-13(22-16(8)9)7-21-12-5-4-10(11(20)6-18)19-15(12)14/h1-5,11,20H,6-7,18H2. The van der Waals surface area contributed by atoms with Gasteiger partial charge in [-0.2, -0.15) is 0 Å². The van der Waals surface area contributed by atoms with Crippen molar-refractivity contribution in [3.05, 3.63) is 46.7 Å². The van der Waals surface area contributed by atoms with Gasteiger partial charge in [0.15, 0.2) is 0 Å². The van der Waals surface area contributed by atoms with Gasteiger partial charge in [0.05, 0.1) is 15.3 Å². The Balaban J connectivity index is 1.99. The zero-order valence-corrected chi connectivity index (χ0v) is 12.4. The third-order valence-corrected chi connectivity index (χ3v) is 4.97. The van der Waals surface area contributed by atoms with Gasteiger partial charge in [-0.3, -0.25) is 0 Å². The lowest BCUT2D eigenvalue weighted by molar-refractivity contribution is 0.181. The molecule has 0 spiro atoms. The maximum atomic E-state index is 14.0. The van der Waals surface area contributed by atoms with Crippen LogP contribution in [0.2, 0.25) is 0 Å². The minimum absolute atomic E-state index is 0.0957. The molecule has 1 aliphatic rings. The number of aliphatic hydroxyl groups is 1. The van der Waals surface area contributed by atoms with Gasteiger partial charge in [-0.15, -0.1) is 11.3 Å². The van der Waals surface area contributed by atoms with Crippen LogP contribution in [0.4, 0.5) is 4.39 Å². The van der Waals surface area contributed by atoms with Crippen LogP contribution in [0.15, 0.2) is 30.3 Å². The first-order valence-electron chi connectivity index (χ1n) is 6.91. The average Bonchev–Trinajstić information content (AvgIpc) is 2.94. The van der Waals surface area contributed by atoms with E-state index in [1.807, 2.05) is 6.07 Å². The Kier molecular flexibility index (Phi) is 3.11. The molecule has 0 bridgehead atoms. The number of ether oxygens (including phenoxy) is 1. The van der Waals surface area contributed by atoms with Crippen LogP contribution in [-0.2, 0) is 6.61 Å². The van der Waals surface area contributed by atoms with Crippen molar-refractivity contribution in [1.82, 2.24) is 4.98 Å². The van der Waals surface area contributed by atoms with Crippen LogP contribution in [0.1, 0.15) is 16.7 Å². The first kappa shape index (κ1) is 13.6. The molecule has 1 atom stereocenters. The molecule has 0 saturated heterocycles. The van der Waals surface area contributed by atoms with Gasteiger partial charge in [0.2, 0.25) is 0 Å². The highest BCUT2D eigenvalue weighted by molar-refractivity contribution is 7.19. The summed E-state index contributed by atoms with van der Waals surface area (Å²) < 4.78 is 20.3. The summed E-state index contributed by atoms with van der Waals surface area (Å²) in [6.07, 6.45) is -0.822. The van der Waals surface area contributed by atoms with E-state index in [1.54, 1.807) is 18.2 Å². The van der Waals surface area contributed by atoms with Crippen molar-refractivity contribution < 1.29 is 14.2 Å². The van der Waals surface area contributed by atoms with Crippen LogP contribution >= 0.6 is 11.3 Å². The molecule has 3 N–H and O–H groups in total. The molecule has 0 saturated carbocycles. The normalized spacial score (nSPS) is 14.3. The van der Waals surface area contributed by atoms with E-state index in [4.69, 9.17) is 10.5 Å². The highest BCUT2D eigenvalue weighted by atomic mass is 32.1. The van der Waals surface area contributed by atoms with E-state index >= 15 is 0 Å². The van der Waals surface area contributed by atoms with Crippen LogP contribution in [0.3, 0.4) is 0 Å². The fourth-order valence-electron chi connectivity index (χ4n) is 2.70. The molecule has 1 aromatic carbocycles. The van der Waals surface area contributed by atoms with Gasteiger partial charge in [0.1, 0.15) is 30.0 Å². The number of halogens is 1. The minimum Gasteiger partial charge on any atom is -0.486 e. The molecule has 1 unspecified atom stereocenters. The minimum atomic E-state index is -0.822. The van der Waals surface area contributed by atoms with Gasteiger partial charge in [0, 0.05) is 17.5 Å². The van der Waals surface area contributed by atoms with E-state index in [-0.39, 0.29) is 12.4 Å². The molecule has 4 rings (SSSR count). The van der Waals surface area contributed by atoms with E-state index < -0.39 is 6.10 Å². The van der Waals surface area contributed by atoms with Gasteiger partial charge in [-0.1, -0.05) is 12.1 Å². The summed E-state index contributed by atoms with van der Waals surface area (Å²) >= 11 is 1.38. The predicted molar refractivity (Wildman–Crippen MR) is 83.4 cm³/mol. The zero-order chi connectivity index (χ0) is 15.3. The van der Waals surface area contributed by atoms with E-state index in [1.165, 1.54) is 17.4 Å². The summed E-state index contributed by atoms with van der Waals surface area (Å²) in [4.78, 5) is 5.45. The first-order valence-corrected chi connectivity index (χ1v) is 7.73. The van der Waals surface area contributed by atoms with E-state index in [0.717, 1.165) is 15.8 Å². The molecule has 22 heavy (non-hydrogen) atoms. The lowest BCUT2D eigenvalue weighted by Gasteiger charge is -2.19. The van der Waals surface area contributed by atoms with Crippen molar-refractivity contribution in [2.75, 3.05) is 6.54 Å². The van der Waals surface area contributed by atoms with Gasteiger partial charge in [0.25, 0.3) is 0 Å². The number of benzene rings is 1. The fraction of sp³-hybridized carbons (Fsp3) is 0.188. The molecule has 0 amide bonds. The summed E-state index contributed by atoms with van der Waals surface area (Å²) in [5.41, 5.74) is 7.53. The summed E-state index contributed by atoms with van der Waals surface area (Å²) in [6.45, 7) is 0.500. The van der Waals surface area contributed by atoms with Crippen molar-refractivity contribution in [2.45, 2.75) is 12.7 Å². The molecule has 6 heteroatoms. The number of nitrogens with zero attached hydrogens (tertiary/aromatic N) is 1. The van der Waals surface area contributed by atoms with Crippen molar-refractivity contribution in [3.63, 3.8) is 0 Å². The molecule has 2 aromatic heterocycles. The third kappa shape index (κ3) is 1.92. The summed E-state index contributed by atoms with van der Waals surface area (Å²) in [6, 6.07) is 8.52. The van der Waals surface area contributed by atoms with Crippen LogP contribution in [-0.4, -0.2) is 16.6 Å². The lowest BCUT2D eigenvalue weighted by atomic mass is 10.0. The number of hydrogen-bond donors (Lipinski definition) is 2. The van der Waals surface area contributed by atoms with Crippen LogP contribution in [0, 0.1) is 5.82 Å². The second-order valence-corrected chi connectivity index (χ2v) is 6.24. The van der Waals surface area contributed by atoms with Crippen molar-refractivity contribution >= 4 is 21.4 Å². The molecule has 0 aliphatic carbocycles. The molecule has 0 fully saturated rings. The third-order valence-electron chi connectivity index (χ3n) is 3.78. The molecule has 0 radical (unpaired) electrons. The van der Waals surface area contributed by atoms with Gasteiger partial charge >= 0.3 is 0 Å². The van der Waals surface area contributed by atoms with E-state index in [9.17, 15) is 9.50 Å². The maximum Gasteiger partial charge on any atom is 0.146 e. The number of aromatic nitrogens is 1. The molecule has 1 aliphatic heterocycles. The lowest BCUT2D eigenvalue weighted by Crippen LogP contribution is -2.14. The molecule has 3 heterocycles. The van der Waals surface area contributed by atoms with Crippen LogP contribution in [0.25, 0.3) is 21.3 Å². The van der Waals surface area contributed by atoms with Gasteiger partial charge in [-0.05, 0) is 18.2 Å². The Bertz CT molecular complexity index is 878. The second kappa shape index (κ2) is 5.01. The van der Waals surface area contributed by atoms with E-state index in [0.29, 0.717) is 28.4 Å². The Morgan fingerprint density at radius 3 is 3.05 bits per heavy atom. The van der Waals surface area contributed by atoms with Crippen molar-refractivity contribution in [2.24, 2.45) is 5.73 Å². The fourth-order valence-corrected chi connectivity index (χ4v) is 3.82. The average molecular weight is 316 g/mol. The first-order chi connectivity index (χ1) is 10.7. The van der Waals surface area contributed by atoms with Crippen molar-refractivity contribution in [1.29, 1.82) is 0 Å². The molecule has 112 valence electrons. The van der Waals surface area contributed by atoms with Crippen molar-refractivity contribution in [3.8, 4) is 17.0 Å². The Labute approximate surface area is 130 Å². The Morgan fingerprint density at radius 1 is 1.36 bits per heavy atom. The van der Waals surface area contributed by atoms with Gasteiger partial charge in [-0.25, -0.2) is 9.37 Å². The van der Waals surface area contributed by atoms with Crippen LogP contribution in [0.5, 0.6) is 5.75 Å². The summed E-state index contributed by atoms with van der Waals surface area (Å²) in [5, 5.41) is 10.7. The van der Waals surface area contributed by atoms with Gasteiger partial charge < -0.3 is 15.6 Å². The topological polar surface area (TPSA) is 68.4 Å². The Morgan fingerprint density at radius 2 is 2.23 bits per heavy atom. The largest absolute Gasteiger partial charge is 0.486 e. The molecule has 4 nitrogen and oxygen atoms in total. The SMILES string of the molecule is NCC(O)c1ccc2c(n1)-c1c(sc3c(F)cccc13)CO2. The summed E-state index contributed by atoms with van der Waals surface area (Å²) in [7, 11) is 0. The monoisotopic (exact) mass is 316 g/mol. The molecular formula is C16H13FN2O2S. The number of aliphatic hydroxyl groups excluding tert-OH is 1. The number of pyridine rings is 1. The summed E-state index contributed by atoms with van der Waals surface area (Å²) in [5.74, 6) is 0.404. The number of fused-ring (bicyclic) bond motifs is 5. The predicted octanol–water partition coefficient (Wildman–Crippen LogP) is 2.99.